The quantitative estimate of drug-likeness (QED) is 0.567. The van der Waals surface area contributed by atoms with Gasteiger partial charge >= 0.3 is 0 Å². The van der Waals surface area contributed by atoms with Crippen molar-refractivity contribution in [2.24, 2.45) is 5.41 Å². The SMILES string of the molecule is C=CCC1(C[C@H]2COC(C)(C)O2)C(=O)CCC1=O. The zero-order chi connectivity index (χ0) is 13.4. The van der Waals surface area contributed by atoms with E-state index in [-0.39, 0.29) is 17.7 Å². The highest BCUT2D eigenvalue weighted by atomic mass is 16.7. The largest absolute Gasteiger partial charge is 0.348 e. The molecule has 2 aliphatic rings. The van der Waals surface area contributed by atoms with E-state index in [4.69, 9.17) is 9.47 Å². The molecule has 1 atom stereocenters. The normalized spacial score (nSPS) is 29.8. The Balaban J connectivity index is 2.14. The maximum absolute atomic E-state index is 12.1. The van der Waals surface area contributed by atoms with Crippen LogP contribution >= 0.6 is 0 Å². The smallest absolute Gasteiger partial charge is 0.163 e. The predicted molar refractivity (Wildman–Crippen MR) is 66.0 cm³/mol. The van der Waals surface area contributed by atoms with E-state index in [0.29, 0.717) is 32.3 Å². The summed E-state index contributed by atoms with van der Waals surface area (Å²) in [5.74, 6) is -0.563. The van der Waals surface area contributed by atoms with Gasteiger partial charge in [0, 0.05) is 12.8 Å². The average molecular weight is 252 g/mol. The first-order chi connectivity index (χ1) is 8.39. The number of carbonyl (C=O) groups is 2. The average Bonchev–Trinajstić information content (AvgIpc) is 2.75. The molecule has 1 aliphatic heterocycles. The second-order valence-electron chi connectivity index (χ2n) is 5.58. The number of carbonyl (C=O) groups excluding carboxylic acids is 2. The van der Waals surface area contributed by atoms with Gasteiger partial charge in [-0.2, -0.15) is 0 Å². The topological polar surface area (TPSA) is 52.6 Å². The molecule has 0 aromatic carbocycles. The molecule has 1 heterocycles. The van der Waals surface area contributed by atoms with Gasteiger partial charge in [0.1, 0.15) is 11.6 Å². The lowest BCUT2D eigenvalue weighted by Gasteiger charge is -2.27. The van der Waals surface area contributed by atoms with Gasteiger partial charge < -0.3 is 9.47 Å². The van der Waals surface area contributed by atoms with E-state index < -0.39 is 11.2 Å². The summed E-state index contributed by atoms with van der Waals surface area (Å²) in [6.07, 6.45) is 2.99. The molecule has 1 saturated heterocycles. The van der Waals surface area contributed by atoms with Crippen LogP contribution in [0.1, 0.15) is 39.5 Å². The number of Topliss-reactive ketones (excluding diaryl/α,β-unsaturated/α-hetero) is 2. The molecule has 0 N–H and O–H groups in total. The standard InChI is InChI=1S/C14H20O4/c1-4-7-14(11(15)5-6-12(14)16)8-10-9-17-13(2,3)18-10/h4,10H,1,5-9H2,2-3H3/t10-/m0/s1. The second kappa shape index (κ2) is 4.59. The molecule has 1 aliphatic carbocycles. The van der Waals surface area contributed by atoms with Gasteiger partial charge in [0.25, 0.3) is 0 Å². The summed E-state index contributed by atoms with van der Waals surface area (Å²) in [7, 11) is 0. The Morgan fingerprint density at radius 1 is 1.33 bits per heavy atom. The monoisotopic (exact) mass is 252 g/mol. The zero-order valence-electron chi connectivity index (χ0n) is 11.0. The van der Waals surface area contributed by atoms with Gasteiger partial charge in [-0.1, -0.05) is 6.08 Å². The van der Waals surface area contributed by atoms with Crippen LogP contribution in [0.3, 0.4) is 0 Å². The minimum Gasteiger partial charge on any atom is -0.348 e. The van der Waals surface area contributed by atoms with Crippen molar-refractivity contribution in [2.75, 3.05) is 6.61 Å². The molecule has 0 spiro atoms. The first-order valence-electron chi connectivity index (χ1n) is 6.39. The predicted octanol–water partition coefficient (Wildman–Crippen LogP) is 2.02. The van der Waals surface area contributed by atoms with Crippen LogP contribution in [-0.4, -0.2) is 30.1 Å². The summed E-state index contributed by atoms with van der Waals surface area (Å²) in [4.78, 5) is 24.2. The number of allylic oxidation sites excluding steroid dienone is 1. The molecule has 4 nitrogen and oxygen atoms in total. The Morgan fingerprint density at radius 2 is 1.94 bits per heavy atom. The van der Waals surface area contributed by atoms with Crippen LogP contribution in [0.2, 0.25) is 0 Å². The van der Waals surface area contributed by atoms with Crippen molar-refractivity contribution >= 4 is 11.6 Å². The molecule has 0 amide bonds. The van der Waals surface area contributed by atoms with E-state index in [1.54, 1.807) is 6.08 Å². The number of hydrogen-bond acceptors (Lipinski definition) is 4. The summed E-state index contributed by atoms with van der Waals surface area (Å²) >= 11 is 0. The van der Waals surface area contributed by atoms with Gasteiger partial charge in [-0.3, -0.25) is 9.59 Å². The van der Waals surface area contributed by atoms with Crippen molar-refractivity contribution in [1.29, 1.82) is 0 Å². The van der Waals surface area contributed by atoms with Crippen LogP contribution in [0.15, 0.2) is 12.7 Å². The van der Waals surface area contributed by atoms with E-state index in [0.717, 1.165) is 0 Å². The molecular formula is C14H20O4. The summed E-state index contributed by atoms with van der Waals surface area (Å²) < 4.78 is 11.2. The van der Waals surface area contributed by atoms with Crippen LogP contribution in [0, 0.1) is 5.41 Å². The van der Waals surface area contributed by atoms with Gasteiger partial charge in [0.2, 0.25) is 0 Å². The number of rotatable bonds is 4. The van der Waals surface area contributed by atoms with Gasteiger partial charge in [0.05, 0.1) is 18.1 Å². The van der Waals surface area contributed by atoms with Gasteiger partial charge in [-0.15, -0.1) is 6.58 Å². The van der Waals surface area contributed by atoms with Crippen LogP contribution in [0.5, 0.6) is 0 Å². The summed E-state index contributed by atoms with van der Waals surface area (Å²) in [5.41, 5.74) is -0.907. The first-order valence-corrected chi connectivity index (χ1v) is 6.39. The number of ketones is 2. The number of hydrogen-bond donors (Lipinski definition) is 0. The minimum absolute atomic E-state index is 0.0284. The van der Waals surface area contributed by atoms with Gasteiger partial charge in [-0.05, 0) is 26.7 Å². The summed E-state index contributed by atoms with van der Waals surface area (Å²) in [6.45, 7) is 7.78. The van der Waals surface area contributed by atoms with E-state index in [1.807, 2.05) is 13.8 Å². The molecule has 1 saturated carbocycles. The van der Waals surface area contributed by atoms with Crippen LogP contribution in [-0.2, 0) is 19.1 Å². The van der Waals surface area contributed by atoms with E-state index >= 15 is 0 Å². The molecule has 18 heavy (non-hydrogen) atoms. The van der Waals surface area contributed by atoms with Crippen LogP contribution in [0.25, 0.3) is 0 Å². The van der Waals surface area contributed by atoms with Crippen molar-refractivity contribution in [2.45, 2.75) is 51.4 Å². The molecule has 0 aromatic heterocycles. The van der Waals surface area contributed by atoms with E-state index in [1.165, 1.54) is 0 Å². The maximum Gasteiger partial charge on any atom is 0.163 e. The highest BCUT2D eigenvalue weighted by molar-refractivity contribution is 6.13. The lowest BCUT2D eigenvalue weighted by Crippen LogP contribution is -2.37. The molecule has 0 unspecified atom stereocenters. The third kappa shape index (κ3) is 2.27. The first kappa shape index (κ1) is 13.4. The fraction of sp³-hybridized carbons (Fsp3) is 0.714. The zero-order valence-corrected chi connectivity index (χ0v) is 11.0. The molecule has 0 aromatic rings. The third-order valence-corrected chi connectivity index (χ3v) is 3.78. The summed E-state index contributed by atoms with van der Waals surface area (Å²) in [6, 6.07) is 0. The van der Waals surface area contributed by atoms with E-state index in [2.05, 4.69) is 6.58 Å². The molecule has 2 rings (SSSR count). The van der Waals surface area contributed by atoms with E-state index in [9.17, 15) is 9.59 Å². The Kier molecular flexibility index (Phi) is 3.43. The molecule has 0 bridgehead atoms. The van der Waals surface area contributed by atoms with Crippen molar-refractivity contribution < 1.29 is 19.1 Å². The Hall–Kier alpha value is -1.00. The lowest BCUT2D eigenvalue weighted by atomic mass is 9.76. The van der Waals surface area contributed by atoms with Crippen molar-refractivity contribution in [3.05, 3.63) is 12.7 Å². The van der Waals surface area contributed by atoms with Gasteiger partial charge in [-0.25, -0.2) is 0 Å². The molecule has 100 valence electrons. The maximum atomic E-state index is 12.1. The fourth-order valence-corrected chi connectivity index (χ4v) is 2.90. The number of ether oxygens (including phenoxy) is 2. The highest BCUT2D eigenvalue weighted by Gasteiger charge is 2.51. The molecule has 2 fully saturated rings. The Bertz CT molecular complexity index is 367. The van der Waals surface area contributed by atoms with Crippen molar-refractivity contribution in [3.63, 3.8) is 0 Å². The van der Waals surface area contributed by atoms with Crippen LogP contribution in [0.4, 0.5) is 0 Å². The highest BCUT2D eigenvalue weighted by Crippen LogP contribution is 2.42. The van der Waals surface area contributed by atoms with Gasteiger partial charge in [0.15, 0.2) is 5.79 Å². The minimum atomic E-state index is -0.907. The molecule has 4 heteroatoms. The second-order valence-corrected chi connectivity index (χ2v) is 5.58. The van der Waals surface area contributed by atoms with Crippen molar-refractivity contribution in [3.8, 4) is 0 Å². The summed E-state index contributed by atoms with van der Waals surface area (Å²) in [5, 5.41) is 0. The Morgan fingerprint density at radius 3 is 2.39 bits per heavy atom. The molecule has 0 radical (unpaired) electrons. The third-order valence-electron chi connectivity index (χ3n) is 3.78. The lowest BCUT2D eigenvalue weighted by molar-refractivity contribution is -0.149. The fourth-order valence-electron chi connectivity index (χ4n) is 2.90. The molecular weight excluding hydrogens is 232 g/mol. The van der Waals surface area contributed by atoms with Crippen molar-refractivity contribution in [1.82, 2.24) is 0 Å². The Labute approximate surface area is 107 Å². The van der Waals surface area contributed by atoms with Crippen LogP contribution < -0.4 is 0 Å².